The lowest BCUT2D eigenvalue weighted by molar-refractivity contribution is 0.565. The van der Waals surface area contributed by atoms with Crippen LogP contribution in [0.1, 0.15) is 4.88 Å². The van der Waals surface area contributed by atoms with Crippen molar-refractivity contribution in [3.05, 3.63) is 21.3 Å². The van der Waals surface area contributed by atoms with E-state index in [0.717, 1.165) is 4.88 Å². The fraction of sp³-hybridized carbons (Fsp3) is 0. The van der Waals surface area contributed by atoms with Gasteiger partial charge in [0.05, 0.1) is 15.3 Å². The molecule has 0 spiro atoms. The molecular weight excluding hydrogens is 182 g/mol. The predicted molar refractivity (Wildman–Crippen MR) is 44.3 cm³/mol. The van der Waals surface area contributed by atoms with Crippen LogP contribution in [-0.2, 0) is 4.79 Å². The van der Waals surface area contributed by atoms with Crippen LogP contribution in [0.2, 0.25) is 4.34 Å². The molecule has 1 aromatic rings. The maximum absolute atomic E-state index is 9.58. The number of halogens is 1. The first-order chi connectivity index (χ1) is 5.33. The zero-order valence-electron chi connectivity index (χ0n) is 5.30. The fourth-order valence-corrected chi connectivity index (χ4v) is 1.38. The molecule has 0 aliphatic carbocycles. The SMILES string of the molecule is O=C=NC#Cc1ccc(Cl)s1. The van der Waals surface area contributed by atoms with Crippen LogP contribution in [0.3, 0.4) is 0 Å². The molecule has 1 rings (SSSR count). The van der Waals surface area contributed by atoms with E-state index in [1.54, 1.807) is 12.1 Å². The highest BCUT2D eigenvalue weighted by atomic mass is 35.5. The van der Waals surface area contributed by atoms with Crippen molar-refractivity contribution in [1.29, 1.82) is 0 Å². The van der Waals surface area contributed by atoms with Crippen LogP contribution in [0, 0.1) is 12.0 Å². The van der Waals surface area contributed by atoms with Gasteiger partial charge in [0.1, 0.15) is 0 Å². The maximum atomic E-state index is 9.58. The summed E-state index contributed by atoms with van der Waals surface area (Å²) in [5, 5.41) is 0. The van der Waals surface area contributed by atoms with E-state index >= 15 is 0 Å². The summed E-state index contributed by atoms with van der Waals surface area (Å²) >= 11 is 6.96. The molecule has 1 aromatic heterocycles. The van der Waals surface area contributed by atoms with E-state index in [2.05, 4.69) is 17.0 Å². The van der Waals surface area contributed by atoms with Gasteiger partial charge in [-0.3, -0.25) is 0 Å². The summed E-state index contributed by atoms with van der Waals surface area (Å²) in [7, 11) is 0. The van der Waals surface area contributed by atoms with Gasteiger partial charge in [-0.2, -0.15) is 0 Å². The second kappa shape index (κ2) is 3.95. The smallest absolute Gasteiger partial charge is 0.210 e. The van der Waals surface area contributed by atoms with E-state index in [4.69, 9.17) is 11.6 Å². The second-order valence-corrected chi connectivity index (χ2v) is 3.26. The molecule has 0 saturated heterocycles. The molecule has 0 amide bonds. The molecule has 4 heteroatoms. The predicted octanol–water partition coefficient (Wildman–Crippen LogP) is 2.05. The zero-order valence-corrected chi connectivity index (χ0v) is 6.87. The van der Waals surface area contributed by atoms with Crippen LogP contribution in [-0.4, -0.2) is 6.08 Å². The molecule has 54 valence electrons. The average Bonchev–Trinajstić information content (AvgIpc) is 2.37. The van der Waals surface area contributed by atoms with Gasteiger partial charge in [0.25, 0.3) is 0 Å². The van der Waals surface area contributed by atoms with E-state index in [1.165, 1.54) is 17.4 Å². The first-order valence-corrected chi connectivity index (χ1v) is 3.85. The number of hydrogen-bond acceptors (Lipinski definition) is 3. The Kier molecular flexibility index (Phi) is 2.88. The molecule has 2 nitrogen and oxygen atoms in total. The number of thiophene rings is 1. The topological polar surface area (TPSA) is 29.4 Å². The third-order valence-corrected chi connectivity index (χ3v) is 2.00. The number of carbonyl (C=O) groups excluding carboxylic acids is 1. The van der Waals surface area contributed by atoms with Gasteiger partial charge < -0.3 is 0 Å². The molecule has 0 aromatic carbocycles. The lowest BCUT2D eigenvalue weighted by Crippen LogP contribution is -1.57. The Morgan fingerprint density at radius 3 is 2.91 bits per heavy atom. The molecule has 0 radical (unpaired) electrons. The maximum Gasteiger partial charge on any atom is 0.249 e. The Labute approximate surface area is 72.5 Å². The quantitative estimate of drug-likeness (QED) is 0.344. The van der Waals surface area contributed by atoms with Crippen LogP contribution in [0.4, 0.5) is 0 Å². The Morgan fingerprint density at radius 1 is 1.55 bits per heavy atom. The van der Waals surface area contributed by atoms with Gasteiger partial charge in [0.15, 0.2) is 0 Å². The molecule has 0 N–H and O–H groups in total. The van der Waals surface area contributed by atoms with Gasteiger partial charge in [-0.05, 0) is 18.1 Å². The summed E-state index contributed by atoms with van der Waals surface area (Å²) < 4.78 is 0.671. The Morgan fingerprint density at radius 2 is 2.36 bits per heavy atom. The van der Waals surface area contributed by atoms with Crippen molar-refractivity contribution in [2.45, 2.75) is 0 Å². The fourth-order valence-electron chi connectivity index (χ4n) is 0.487. The van der Waals surface area contributed by atoms with Gasteiger partial charge in [0, 0.05) is 0 Å². The molecule has 0 aliphatic rings. The molecule has 0 aliphatic heterocycles. The summed E-state index contributed by atoms with van der Waals surface area (Å²) in [5.41, 5.74) is 0. The highest BCUT2D eigenvalue weighted by Crippen LogP contribution is 2.19. The van der Waals surface area contributed by atoms with E-state index in [9.17, 15) is 4.79 Å². The Hall–Kier alpha value is -1.07. The standard InChI is InChI=1S/C7H2ClNOS/c8-7-2-1-6(11-7)3-4-9-5-10/h1-2H. The van der Waals surface area contributed by atoms with E-state index < -0.39 is 0 Å². The van der Waals surface area contributed by atoms with Gasteiger partial charge in [-0.25, -0.2) is 4.79 Å². The van der Waals surface area contributed by atoms with Crippen LogP contribution in [0.15, 0.2) is 17.1 Å². The van der Waals surface area contributed by atoms with Crippen molar-refractivity contribution in [3.8, 4) is 12.0 Å². The van der Waals surface area contributed by atoms with Gasteiger partial charge in [0.2, 0.25) is 6.08 Å². The molecular formula is C7H2ClNOS. The van der Waals surface area contributed by atoms with Crippen LogP contribution >= 0.6 is 22.9 Å². The minimum absolute atomic E-state index is 0.671. The van der Waals surface area contributed by atoms with Crippen molar-refractivity contribution < 1.29 is 4.79 Å². The van der Waals surface area contributed by atoms with Gasteiger partial charge in [-0.15, -0.1) is 16.3 Å². The zero-order chi connectivity index (χ0) is 8.10. The molecule has 11 heavy (non-hydrogen) atoms. The molecule has 0 bridgehead atoms. The van der Waals surface area contributed by atoms with Crippen molar-refractivity contribution in [2.24, 2.45) is 4.99 Å². The monoisotopic (exact) mass is 183 g/mol. The van der Waals surface area contributed by atoms with Crippen molar-refractivity contribution in [2.75, 3.05) is 0 Å². The first kappa shape index (κ1) is 8.03. The summed E-state index contributed by atoms with van der Waals surface area (Å²) in [5.74, 6) is 2.62. The third-order valence-electron chi connectivity index (χ3n) is 0.854. The lowest BCUT2D eigenvalue weighted by atomic mass is 10.5. The highest BCUT2D eigenvalue weighted by molar-refractivity contribution is 7.16. The normalized spacial score (nSPS) is 7.73. The second-order valence-electron chi connectivity index (χ2n) is 1.54. The molecule has 0 fully saturated rings. The molecule has 0 unspecified atom stereocenters. The minimum atomic E-state index is 0.671. The molecule has 0 atom stereocenters. The van der Waals surface area contributed by atoms with Crippen LogP contribution in [0.5, 0.6) is 0 Å². The number of isocyanates is 1. The highest BCUT2D eigenvalue weighted by Gasteiger charge is 1.91. The summed E-state index contributed by atoms with van der Waals surface area (Å²) in [6, 6.07) is 5.77. The van der Waals surface area contributed by atoms with Crippen molar-refractivity contribution >= 4 is 29.0 Å². The summed E-state index contributed by atoms with van der Waals surface area (Å²) in [4.78, 5) is 13.4. The average molecular weight is 184 g/mol. The molecule has 1 heterocycles. The van der Waals surface area contributed by atoms with E-state index in [0.29, 0.717) is 4.34 Å². The lowest BCUT2D eigenvalue weighted by Gasteiger charge is -1.71. The van der Waals surface area contributed by atoms with E-state index in [-0.39, 0.29) is 0 Å². The summed E-state index contributed by atoms with van der Waals surface area (Å²) in [6.45, 7) is 0. The van der Waals surface area contributed by atoms with Crippen molar-refractivity contribution in [3.63, 3.8) is 0 Å². The largest absolute Gasteiger partial charge is 0.249 e. The number of rotatable bonds is 0. The number of nitrogens with zero attached hydrogens (tertiary/aromatic N) is 1. The van der Waals surface area contributed by atoms with Crippen LogP contribution in [0.25, 0.3) is 0 Å². The van der Waals surface area contributed by atoms with Gasteiger partial charge in [-0.1, -0.05) is 11.6 Å². The number of aliphatic imine (C=N–C) groups is 1. The minimum Gasteiger partial charge on any atom is -0.210 e. The molecule has 0 saturated carbocycles. The van der Waals surface area contributed by atoms with Crippen LogP contribution < -0.4 is 0 Å². The summed E-state index contributed by atoms with van der Waals surface area (Å²) in [6.07, 6.45) is 1.32. The van der Waals surface area contributed by atoms with Crippen molar-refractivity contribution in [1.82, 2.24) is 0 Å². The first-order valence-electron chi connectivity index (χ1n) is 2.66. The Bertz CT molecular complexity index is 354. The third kappa shape index (κ3) is 2.57. The van der Waals surface area contributed by atoms with E-state index in [1.807, 2.05) is 0 Å². The Balaban J connectivity index is 2.81. The van der Waals surface area contributed by atoms with Gasteiger partial charge >= 0.3 is 0 Å². The number of hydrogen-bond donors (Lipinski definition) is 0.